The third-order valence-corrected chi connectivity index (χ3v) is 7.19. The van der Waals surface area contributed by atoms with Gasteiger partial charge in [-0.3, -0.25) is 4.79 Å². The van der Waals surface area contributed by atoms with Crippen molar-refractivity contribution in [2.75, 3.05) is 59.6 Å². The molecule has 7 nitrogen and oxygen atoms in total. The molecule has 3 aromatic rings. The summed E-state index contributed by atoms with van der Waals surface area (Å²) in [5.41, 5.74) is 6.10. The Kier molecular flexibility index (Phi) is 7.89. The molecule has 3 aromatic carbocycles. The molecule has 202 valence electrons. The standard InChI is InChI=1S/C32H33NO6/c1-35-26-11-7-22(8-12-26)27-18-24(17-21-5-9-25(10-6-21)33-13-15-39-16-14-33)31(34)30(27)23-19-28(36-2)32(38-4)29(20-23)37-3/h5-12,17,19-20H,13-16,18H2,1-4H3/b24-17+. The molecule has 1 heterocycles. The van der Waals surface area contributed by atoms with E-state index in [1.54, 1.807) is 28.4 Å². The van der Waals surface area contributed by atoms with E-state index in [1.807, 2.05) is 42.5 Å². The van der Waals surface area contributed by atoms with Gasteiger partial charge >= 0.3 is 0 Å². The first-order valence-corrected chi connectivity index (χ1v) is 12.9. The van der Waals surface area contributed by atoms with E-state index < -0.39 is 0 Å². The molecule has 0 spiro atoms. The summed E-state index contributed by atoms with van der Waals surface area (Å²) in [7, 11) is 6.35. The van der Waals surface area contributed by atoms with Gasteiger partial charge in [-0.25, -0.2) is 0 Å². The van der Waals surface area contributed by atoms with Crippen LogP contribution in [0.2, 0.25) is 0 Å². The van der Waals surface area contributed by atoms with Gasteiger partial charge in [0.05, 0.1) is 41.7 Å². The zero-order valence-electron chi connectivity index (χ0n) is 22.8. The van der Waals surface area contributed by atoms with Crippen molar-refractivity contribution < 1.29 is 28.5 Å². The maximum atomic E-state index is 14.0. The highest BCUT2D eigenvalue weighted by Crippen LogP contribution is 2.46. The second kappa shape index (κ2) is 11.7. The summed E-state index contributed by atoms with van der Waals surface area (Å²) in [5, 5.41) is 0. The summed E-state index contributed by atoms with van der Waals surface area (Å²) in [6, 6.07) is 19.8. The van der Waals surface area contributed by atoms with Crippen LogP contribution in [-0.4, -0.2) is 60.5 Å². The van der Waals surface area contributed by atoms with Crippen LogP contribution in [0.15, 0.2) is 66.2 Å². The van der Waals surface area contributed by atoms with Crippen LogP contribution in [0.5, 0.6) is 23.0 Å². The molecule has 0 bridgehead atoms. The monoisotopic (exact) mass is 527 g/mol. The van der Waals surface area contributed by atoms with Crippen molar-refractivity contribution in [2.45, 2.75) is 6.42 Å². The van der Waals surface area contributed by atoms with Gasteiger partial charge in [0.25, 0.3) is 0 Å². The van der Waals surface area contributed by atoms with E-state index >= 15 is 0 Å². The van der Waals surface area contributed by atoms with E-state index in [0.29, 0.717) is 34.8 Å². The average Bonchev–Trinajstić information content (AvgIpc) is 3.32. The molecule has 0 unspecified atom stereocenters. The molecule has 2 aliphatic rings. The van der Waals surface area contributed by atoms with Crippen LogP contribution in [0.4, 0.5) is 5.69 Å². The van der Waals surface area contributed by atoms with Crippen molar-refractivity contribution >= 4 is 28.7 Å². The van der Waals surface area contributed by atoms with Crippen molar-refractivity contribution in [3.05, 3.63) is 82.9 Å². The largest absolute Gasteiger partial charge is 0.497 e. The summed E-state index contributed by atoms with van der Waals surface area (Å²) in [6.07, 6.45) is 2.49. The predicted molar refractivity (Wildman–Crippen MR) is 153 cm³/mol. The van der Waals surface area contributed by atoms with Crippen molar-refractivity contribution in [3.63, 3.8) is 0 Å². The summed E-state index contributed by atoms with van der Waals surface area (Å²) in [4.78, 5) is 16.3. The van der Waals surface area contributed by atoms with Gasteiger partial charge in [0, 0.05) is 36.3 Å². The summed E-state index contributed by atoms with van der Waals surface area (Å²) in [6.45, 7) is 3.24. The third kappa shape index (κ3) is 5.36. The van der Waals surface area contributed by atoms with Crippen molar-refractivity contribution in [2.24, 2.45) is 0 Å². The normalized spacial score (nSPS) is 16.6. The van der Waals surface area contributed by atoms with E-state index in [1.165, 1.54) is 0 Å². The van der Waals surface area contributed by atoms with E-state index in [2.05, 4.69) is 29.2 Å². The number of nitrogens with zero attached hydrogens (tertiary/aromatic N) is 1. The number of ether oxygens (including phenoxy) is 5. The Hall–Kier alpha value is -4.23. The molecule has 0 aromatic heterocycles. The number of Topliss-reactive ketones (excluding diaryl/α,β-unsaturated/α-hetero) is 1. The number of rotatable bonds is 8. The minimum Gasteiger partial charge on any atom is -0.497 e. The van der Waals surface area contributed by atoms with Crippen molar-refractivity contribution in [1.29, 1.82) is 0 Å². The lowest BCUT2D eigenvalue weighted by Crippen LogP contribution is -2.36. The second-order valence-corrected chi connectivity index (χ2v) is 9.36. The Morgan fingerprint density at radius 2 is 1.41 bits per heavy atom. The van der Waals surface area contributed by atoms with Gasteiger partial charge in [-0.15, -0.1) is 0 Å². The first kappa shape index (κ1) is 26.4. The molecule has 1 saturated heterocycles. The Balaban J connectivity index is 1.55. The van der Waals surface area contributed by atoms with Crippen LogP contribution in [0.1, 0.15) is 23.1 Å². The topological polar surface area (TPSA) is 66.5 Å². The molecule has 7 heteroatoms. The minimum atomic E-state index is -0.0210. The maximum absolute atomic E-state index is 14.0. The molecule has 0 saturated carbocycles. The molecular weight excluding hydrogens is 494 g/mol. The highest BCUT2D eigenvalue weighted by atomic mass is 16.5. The zero-order chi connectivity index (χ0) is 27.4. The molecule has 0 amide bonds. The van der Waals surface area contributed by atoms with Crippen LogP contribution < -0.4 is 23.8 Å². The number of carbonyl (C=O) groups is 1. The Labute approximate surface area is 229 Å². The van der Waals surface area contributed by atoms with E-state index in [4.69, 9.17) is 23.7 Å². The SMILES string of the molecule is COc1ccc(C2=C(c3cc(OC)c(OC)c(OC)c3)C(=O)/C(=C/c3ccc(N4CCOCC4)cc3)C2)cc1. The predicted octanol–water partition coefficient (Wildman–Crippen LogP) is 5.52. The molecule has 0 atom stereocenters. The molecule has 5 rings (SSSR count). The number of benzene rings is 3. The van der Waals surface area contributed by atoms with Crippen LogP contribution >= 0.6 is 0 Å². The van der Waals surface area contributed by atoms with E-state index in [9.17, 15) is 4.79 Å². The summed E-state index contributed by atoms with van der Waals surface area (Å²) < 4.78 is 27.5. The lowest BCUT2D eigenvalue weighted by Gasteiger charge is -2.28. The highest BCUT2D eigenvalue weighted by molar-refractivity contribution is 6.39. The molecule has 39 heavy (non-hydrogen) atoms. The zero-order valence-corrected chi connectivity index (χ0v) is 22.8. The first-order valence-electron chi connectivity index (χ1n) is 12.9. The smallest absolute Gasteiger partial charge is 0.203 e. The van der Waals surface area contributed by atoms with Gasteiger partial charge in [-0.1, -0.05) is 24.3 Å². The number of ketones is 1. The molecule has 0 radical (unpaired) electrons. The second-order valence-electron chi connectivity index (χ2n) is 9.36. The van der Waals surface area contributed by atoms with E-state index in [-0.39, 0.29) is 5.78 Å². The van der Waals surface area contributed by atoms with E-state index in [0.717, 1.165) is 60.0 Å². The quantitative estimate of drug-likeness (QED) is 0.357. The molecule has 1 fully saturated rings. The van der Waals surface area contributed by atoms with Crippen molar-refractivity contribution in [3.8, 4) is 23.0 Å². The van der Waals surface area contributed by atoms with Gasteiger partial charge in [0.15, 0.2) is 17.3 Å². The van der Waals surface area contributed by atoms with Crippen molar-refractivity contribution in [1.82, 2.24) is 0 Å². The Morgan fingerprint density at radius 1 is 0.769 bits per heavy atom. The average molecular weight is 528 g/mol. The number of allylic oxidation sites excluding steroid dienone is 3. The molecular formula is C32H33NO6. The minimum absolute atomic E-state index is 0.0210. The number of carbonyl (C=O) groups excluding carboxylic acids is 1. The van der Waals surface area contributed by atoms with Gasteiger partial charge in [-0.2, -0.15) is 0 Å². The first-order chi connectivity index (χ1) is 19.1. The number of morpholine rings is 1. The Morgan fingerprint density at radius 3 is 1.97 bits per heavy atom. The fourth-order valence-corrected chi connectivity index (χ4v) is 5.15. The van der Waals surface area contributed by atoms with Crippen LogP contribution in [-0.2, 0) is 9.53 Å². The summed E-state index contributed by atoms with van der Waals surface area (Å²) >= 11 is 0. The summed E-state index contributed by atoms with van der Waals surface area (Å²) in [5.74, 6) is 2.22. The Bertz CT molecular complexity index is 1370. The van der Waals surface area contributed by atoms with Crippen LogP contribution in [0.25, 0.3) is 17.2 Å². The highest BCUT2D eigenvalue weighted by Gasteiger charge is 2.31. The molecule has 0 N–H and O–H groups in total. The molecule has 1 aliphatic heterocycles. The lowest BCUT2D eigenvalue weighted by atomic mass is 9.96. The maximum Gasteiger partial charge on any atom is 0.203 e. The van der Waals surface area contributed by atoms with Crippen LogP contribution in [0.3, 0.4) is 0 Å². The van der Waals surface area contributed by atoms with Gasteiger partial charge in [0.1, 0.15) is 5.75 Å². The fourth-order valence-electron chi connectivity index (χ4n) is 5.15. The van der Waals surface area contributed by atoms with Gasteiger partial charge in [-0.05, 0) is 64.7 Å². The number of methoxy groups -OCH3 is 4. The van der Waals surface area contributed by atoms with Gasteiger partial charge in [0.2, 0.25) is 5.75 Å². The molecule has 1 aliphatic carbocycles. The third-order valence-electron chi connectivity index (χ3n) is 7.19. The fraction of sp³-hybridized carbons (Fsp3) is 0.281. The number of hydrogen-bond donors (Lipinski definition) is 0. The lowest BCUT2D eigenvalue weighted by molar-refractivity contribution is -0.110. The number of anilines is 1. The number of hydrogen-bond acceptors (Lipinski definition) is 7. The van der Waals surface area contributed by atoms with Crippen LogP contribution in [0, 0.1) is 0 Å². The van der Waals surface area contributed by atoms with Gasteiger partial charge < -0.3 is 28.6 Å².